The van der Waals surface area contributed by atoms with E-state index in [2.05, 4.69) is 0 Å². The zero-order valence-electron chi connectivity index (χ0n) is 7.78. The lowest BCUT2D eigenvalue weighted by Crippen LogP contribution is -2.32. The van der Waals surface area contributed by atoms with Gasteiger partial charge in [-0.2, -0.15) is 0 Å². The Kier molecular flexibility index (Phi) is 5.65. The minimum atomic E-state index is -6.00. The van der Waals surface area contributed by atoms with Crippen LogP contribution in [0.4, 0.5) is 17.3 Å². The van der Waals surface area contributed by atoms with E-state index < -0.39 is 7.25 Å². The number of hydrogen-bond acceptors (Lipinski definition) is 3. The highest BCUT2D eigenvalue weighted by Gasteiger charge is 2.20. The van der Waals surface area contributed by atoms with Gasteiger partial charge in [0.05, 0.1) is 0 Å². The first-order valence-corrected chi connectivity index (χ1v) is 4.61. The molecule has 0 aromatic carbocycles. The van der Waals surface area contributed by atoms with E-state index in [-0.39, 0.29) is 5.17 Å². The van der Waals surface area contributed by atoms with Crippen molar-refractivity contribution in [3.8, 4) is 0 Å². The van der Waals surface area contributed by atoms with Gasteiger partial charge in [-0.25, -0.2) is 0 Å². The molecule has 0 saturated heterocycles. The molecule has 4 N–H and O–H groups in total. The van der Waals surface area contributed by atoms with Crippen LogP contribution in [0.1, 0.15) is 0 Å². The maximum absolute atomic E-state index is 9.75. The van der Waals surface area contributed by atoms with E-state index in [9.17, 15) is 17.3 Å². The van der Waals surface area contributed by atoms with E-state index >= 15 is 0 Å². The molecular weight excluding hydrogens is 249 g/mol. The Morgan fingerprint density at radius 3 is 2.25 bits per heavy atom. The molecule has 1 rings (SSSR count). The minimum absolute atomic E-state index is 0.0426. The zero-order chi connectivity index (χ0) is 12.8. The molecule has 16 heavy (non-hydrogen) atoms. The average Bonchev–Trinajstić information content (AvgIpc) is 2.05. The van der Waals surface area contributed by atoms with Gasteiger partial charge in [-0.1, -0.05) is 0 Å². The van der Waals surface area contributed by atoms with Gasteiger partial charge in [0.25, 0.3) is 5.03 Å². The first-order valence-electron chi connectivity index (χ1n) is 3.79. The van der Waals surface area contributed by atoms with Crippen LogP contribution in [0.2, 0.25) is 0 Å². The third-order valence-electron chi connectivity index (χ3n) is 1.02. The van der Waals surface area contributed by atoms with Crippen LogP contribution in [0.25, 0.3) is 0 Å². The molecule has 1 aromatic heterocycles. The van der Waals surface area contributed by atoms with E-state index in [0.717, 1.165) is 16.5 Å². The molecule has 0 aliphatic carbocycles. The van der Waals surface area contributed by atoms with Crippen LogP contribution in [-0.2, 0) is 0 Å². The molecule has 0 amide bonds. The standard InChI is InChI=1S/C6H8N3OS.BF4/c7-6(8)11-5-3-1-2-4-9(5)10;2-1(3,4)5/h1-4,10H,(H3,7,8);/q+1;-1. The molecule has 1 aromatic rings. The summed E-state index contributed by atoms with van der Waals surface area (Å²) in [4.78, 5) is 0. The molecule has 4 nitrogen and oxygen atoms in total. The van der Waals surface area contributed by atoms with Gasteiger partial charge in [-0.3, -0.25) is 10.6 Å². The number of halogens is 4. The molecule has 0 saturated carbocycles. The fourth-order valence-electron chi connectivity index (χ4n) is 0.612. The predicted octanol–water partition coefficient (Wildman–Crippen LogP) is 1.50. The summed E-state index contributed by atoms with van der Waals surface area (Å²) in [7, 11) is -6.00. The smallest absolute Gasteiger partial charge is 0.418 e. The lowest BCUT2D eigenvalue weighted by molar-refractivity contribution is -0.932. The molecule has 0 bridgehead atoms. The van der Waals surface area contributed by atoms with Crippen LogP contribution in [0, 0.1) is 5.41 Å². The highest BCUT2D eigenvalue weighted by atomic mass is 32.2. The van der Waals surface area contributed by atoms with Crippen LogP contribution in [-0.4, -0.2) is 17.6 Å². The van der Waals surface area contributed by atoms with Crippen LogP contribution in [0.15, 0.2) is 29.4 Å². The number of nitrogens with two attached hydrogens (primary N) is 1. The summed E-state index contributed by atoms with van der Waals surface area (Å²) < 4.78 is 39.9. The summed E-state index contributed by atoms with van der Waals surface area (Å²) in [5.41, 5.74) is 5.12. The van der Waals surface area contributed by atoms with Gasteiger partial charge >= 0.3 is 7.25 Å². The van der Waals surface area contributed by atoms with Crippen molar-refractivity contribution >= 4 is 24.2 Å². The highest BCUT2D eigenvalue weighted by Crippen LogP contribution is 2.10. The Balaban J connectivity index is 0.000000385. The number of nitrogens with one attached hydrogen (secondary N) is 1. The minimum Gasteiger partial charge on any atom is -0.418 e. The van der Waals surface area contributed by atoms with E-state index in [1.54, 1.807) is 18.2 Å². The molecule has 0 unspecified atom stereocenters. The van der Waals surface area contributed by atoms with Gasteiger partial charge in [-0.15, -0.1) is 0 Å². The SMILES string of the molecule is F[B-](F)(F)F.N=C(N)Sc1cccc[n+]1O. The summed E-state index contributed by atoms with van der Waals surface area (Å²) in [6.45, 7) is 0. The number of nitrogens with zero attached hydrogens (tertiary/aromatic N) is 1. The largest absolute Gasteiger partial charge is 0.673 e. The number of hydrogen-bond donors (Lipinski definition) is 3. The maximum atomic E-state index is 9.75. The van der Waals surface area contributed by atoms with E-state index in [0.29, 0.717) is 5.03 Å². The van der Waals surface area contributed by atoms with Crippen molar-refractivity contribution < 1.29 is 27.2 Å². The summed E-state index contributed by atoms with van der Waals surface area (Å²) in [6, 6.07) is 5.12. The van der Waals surface area contributed by atoms with Crippen molar-refractivity contribution in [1.82, 2.24) is 0 Å². The fraction of sp³-hybridized carbons (Fsp3) is 0. The van der Waals surface area contributed by atoms with Crippen molar-refractivity contribution in [1.29, 1.82) is 5.41 Å². The summed E-state index contributed by atoms with van der Waals surface area (Å²) >= 11 is 0.999. The van der Waals surface area contributed by atoms with Crippen LogP contribution >= 0.6 is 11.8 Å². The molecule has 10 heteroatoms. The van der Waals surface area contributed by atoms with E-state index in [4.69, 9.17) is 16.4 Å². The molecule has 0 atom stereocenters. The first kappa shape index (κ1) is 14.6. The number of aromatic nitrogens is 1. The molecule has 1 heterocycles. The Labute approximate surface area is 92.6 Å². The van der Waals surface area contributed by atoms with Crippen molar-refractivity contribution in [2.24, 2.45) is 5.73 Å². The number of rotatable bonds is 1. The van der Waals surface area contributed by atoms with E-state index in [1.165, 1.54) is 6.20 Å². The third-order valence-corrected chi connectivity index (χ3v) is 1.77. The molecule has 0 spiro atoms. The summed E-state index contributed by atoms with van der Waals surface area (Å²) in [6.07, 6.45) is 1.48. The van der Waals surface area contributed by atoms with Crippen LogP contribution in [0.5, 0.6) is 0 Å². The highest BCUT2D eigenvalue weighted by molar-refractivity contribution is 8.13. The second-order valence-corrected chi connectivity index (χ2v) is 3.41. The fourth-order valence-corrected chi connectivity index (χ4v) is 1.14. The normalized spacial score (nSPS) is 10.2. The maximum Gasteiger partial charge on any atom is 0.673 e. The monoisotopic (exact) mass is 257 g/mol. The predicted molar refractivity (Wildman–Crippen MR) is 51.8 cm³/mol. The molecule has 0 aliphatic rings. The van der Waals surface area contributed by atoms with Crippen molar-refractivity contribution in [2.75, 3.05) is 0 Å². The quantitative estimate of drug-likeness (QED) is 0.136. The van der Waals surface area contributed by atoms with Crippen LogP contribution < -0.4 is 10.5 Å². The van der Waals surface area contributed by atoms with Gasteiger partial charge in [0, 0.05) is 28.6 Å². The lowest BCUT2D eigenvalue weighted by Gasteiger charge is -1.94. The van der Waals surface area contributed by atoms with Gasteiger partial charge in [0.2, 0.25) is 6.20 Å². The Morgan fingerprint density at radius 1 is 1.38 bits per heavy atom. The summed E-state index contributed by atoms with van der Waals surface area (Å²) in [5.74, 6) is 0. The van der Waals surface area contributed by atoms with Crippen LogP contribution in [0.3, 0.4) is 0 Å². The Morgan fingerprint density at radius 2 is 1.88 bits per heavy atom. The first-order chi connectivity index (χ1) is 7.20. The average molecular weight is 257 g/mol. The molecule has 0 radical (unpaired) electrons. The molecule has 0 fully saturated rings. The Bertz CT molecular complexity index is 356. The third kappa shape index (κ3) is 9.12. The van der Waals surface area contributed by atoms with Crippen molar-refractivity contribution in [3.63, 3.8) is 0 Å². The topological polar surface area (TPSA) is 74.0 Å². The van der Waals surface area contributed by atoms with Crippen molar-refractivity contribution in [2.45, 2.75) is 5.03 Å². The number of thioether (sulfide) groups is 1. The summed E-state index contributed by atoms with van der Waals surface area (Å²) in [5, 5.41) is 16.5. The lowest BCUT2D eigenvalue weighted by atomic mass is 10.3. The number of pyridine rings is 1. The van der Waals surface area contributed by atoms with Crippen molar-refractivity contribution in [3.05, 3.63) is 24.4 Å². The molecule has 0 aliphatic heterocycles. The van der Waals surface area contributed by atoms with Gasteiger partial charge in [-0.05, 0) is 6.07 Å². The molecular formula is C6H8BF4N3OS. The Hall–Kier alpha value is -1.45. The molecule has 90 valence electrons. The number of amidine groups is 1. The van der Waals surface area contributed by atoms with Gasteiger partial charge < -0.3 is 23.0 Å². The second kappa shape index (κ2) is 6.21. The van der Waals surface area contributed by atoms with Gasteiger partial charge in [0.15, 0.2) is 5.17 Å². The second-order valence-electron chi connectivity index (χ2n) is 2.34. The zero-order valence-corrected chi connectivity index (χ0v) is 8.60. The van der Waals surface area contributed by atoms with Gasteiger partial charge in [0.1, 0.15) is 0 Å². The van der Waals surface area contributed by atoms with E-state index in [1.807, 2.05) is 0 Å².